The van der Waals surface area contributed by atoms with Gasteiger partial charge in [0.2, 0.25) is 0 Å². The standard InChI is InChI=1S/C10H15N3OS/c11-10-2-1-9(7-12-10)8-13-3-5-15(14)6-4-13/h1-2,7H,3-6,8H2,(H2,11,12). The molecule has 0 saturated carbocycles. The maximum absolute atomic E-state index is 11.2. The molecule has 1 aromatic rings. The molecule has 2 N–H and O–H groups in total. The topological polar surface area (TPSA) is 59.2 Å². The van der Waals surface area contributed by atoms with Gasteiger partial charge in [-0.05, 0) is 11.6 Å². The van der Waals surface area contributed by atoms with Crippen LogP contribution in [0.5, 0.6) is 0 Å². The van der Waals surface area contributed by atoms with Crippen LogP contribution in [-0.2, 0) is 17.3 Å². The lowest BCUT2D eigenvalue weighted by Gasteiger charge is -2.25. The van der Waals surface area contributed by atoms with Crippen LogP contribution in [0.25, 0.3) is 0 Å². The predicted octanol–water partition coefficient (Wildman–Crippen LogP) is 0.228. The molecular formula is C10H15N3OS. The molecule has 1 aliphatic heterocycles. The Bertz CT molecular complexity index is 342. The molecule has 1 aromatic heterocycles. The molecule has 0 spiro atoms. The zero-order valence-electron chi connectivity index (χ0n) is 8.56. The first-order valence-corrected chi connectivity index (χ1v) is 6.50. The number of pyridine rings is 1. The molecule has 4 nitrogen and oxygen atoms in total. The van der Waals surface area contributed by atoms with Gasteiger partial charge in [0.15, 0.2) is 0 Å². The Balaban J connectivity index is 1.91. The highest BCUT2D eigenvalue weighted by atomic mass is 32.2. The van der Waals surface area contributed by atoms with Gasteiger partial charge in [0.05, 0.1) is 0 Å². The molecule has 0 unspecified atom stereocenters. The highest BCUT2D eigenvalue weighted by Crippen LogP contribution is 2.08. The van der Waals surface area contributed by atoms with Crippen LogP contribution in [0.2, 0.25) is 0 Å². The van der Waals surface area contributed by atoms with Gasteiger partial charge in [-0.1, -0.05) is 6.07 Å². The molecule has 1 aliphatic rings. The van der Waals surface area contributed by atoms with E-state index in [-0.39, 0.29) is 0 Å². The Labute approximate surface area is 91.9 Å². The summed E-state index contributed by atoms with van der Waals surface area (Å²) in [6, 6.07) is 3.81. The summed E-state index contributed by atoms with van der Waals surface area (Å²) in [5, 5.41) is 0. The second-order valence-corrected chi connectivity index (χ2v) is 5.41. The fourth-order valence-electron chi connectivity index (χ4n) is 1.62. The molecule has 15 heavy (non-hydrogen) atoms. The fraction of sp³-hybridized carbons (Fsp3) is 0.500. The number of hydrogen-bond acceptors (Lipinski definition) is 4. The van der Waals surface area contributed by atoms with Crippen LogP contribution >= 0.6 is 0 Å². The number of nitrogen functional groups attached to an aromatic ring is 1. The minimum Gasteiger partial charge on any atom is -0.384 e. The molecule has 82 valence electrons. The van der Waals surface area contributed by atoms with E-state index in [0.29, 0.717) is 5.82 Å². The number of rotatable bonds is 2. The molecule has 0 amide bonds. The fourth-order valence-corrected chi connectivity index (χ4v) is 2.75. The highest BCUT2D eigenvalue weighted by molar-refractivity contribution is 7.85. The lowest BCUT2D eigenvalue weighted by Crippen LogP contribution is -2.37. The van der Waals surface area contributed by atoms with Gasteiger partial charge in [0.1, 0.15) is 5.82 Å². The maximum atomic E-state index is 11.2. The zero-order valence-corrected chi connectivity index (χ0v) is 9.37. The van der Waals surface area contributed by atoms with Crippen LogP contribution < -0.4 is 5.73 Å². The Morgan fingerprint density at radius 1 is 1.40 bits per heavy atom. The third-order valence-electron chi connectivity index (χ3n) is 2.52. The molecule has 0 aliphatic carbocycles. The Morgan fingerprint density at radius 2 is 2.13 bits per heavy atom. The molecular weight excluding hydrogens is 210 g/mol. The van der Waals surface area contributed by atoms with Crippen molar-refractivity contribution in [2.75, 3.05) is 30.3 Å². The normalized spacial score (nSPS) is 19.2. The van der Waals surface area contributed by atoms with Crippen molar-refractivity contribution in [2.45, 2.75) is 6.54 Å². The first kappa shape index (κ1) is 10.6. The summed E-state index contributed by atoms with van der Waals surface area (Å²) in [7, 11) is -0.600. The molecule has 5 heteroatoms. The average Bonchev–Trinajstić information content (AvgIpc) is 2.25. The third kappa shape index (κ3) is 3.00. The monoisotopic (exact) mass is 225 g/mol. The number of nitrogens with two attached hydrogens (primary N) is 1. The van der Waals surface area contributed by atoms with E-state index in [1.54, 1.807) is 6.20 Å². The van der Waals surface area contributed by atoms with Gasteiger partial charge in [-0.3, -0.25) is 9.11 Å². The molecule has 0 bridgehead atoms. The van der Waals surface area contributed by atoms with E-state index in [1.807, 2.05) is 12.1 Å². The minimum absolute atomic E-state index is 0.554. The number of nitrogens with zero attached hydrogens (tertiary/aromatic N) is 2. The molecule has 1 fully saturated rings. The molecule has 1 saturated heterocycles. The SMILES string of the molecule is Nc1ccc(CN2CCS(=O)CC2)cn1. The Morgan fingerprint density at radius 3 is 2.73 bits per heavy atom. The lowest BCUT2D eigenvalue weighted by molar-refractivity contribution is 0.291. The van der Waals surface area contributed by atoms with Crippen molar-refractivity contribution >= 4 is 16.6 Å². The van der Waals surface area contributed by atoms with Crippen molar-refractivity contribution in [2.24, 2.45) is 0 Å². The number of hydrogen-bond donors (Lipinski definition) is 1. The van der Waals surface area contributed by atoms with E-state index in [1.165, 1.54) is 0 Å². The van der Waals surface area contributed by atoms with Gasteiger partial charge >= 0.3 is 0 Å². The van der Waals surface area contributed by atoms with Crippen LogP contribution in [-0.4, -0.2) is 38.7 Å². The zero-order chi connectivity index (χ0) is 10.7. The minimum atomic E-state index is -0.600. The molecule has 0 atom stereocenters. The molecule has 2 heterocycles. The van der Waals surface area contributed by atoms with Crippen molar-refractivity contribution < 1.29 is 4.21 Å². The maximum Gasteiger partial charge on any atom is 0.123 e. The van der Waals surface area contributed by atoms with E-state index in [0.717, 1.165) is 36.7 Å². The summed E-state index contributed by atoms with van der Waals surface area (Å²) in [4.78, 5) is 6.35. The Kier molecular flexibility index (Phi) is 3.33. The van der Waals surface area contributed by atoms with Crippen LogP contribution in [0.3, 0.4) is 0 Å². The van der Waals surface area contributed by atoms with Crippen molar-refractivity contribution in [3.8, 4) is 0 Å². The second-order valence-electron chi connectivity index (χ2n) is 3.72. The molecule has 2 rings (SSSR count). The first-order valence-electron chi connectivity index (χ1n) is 5.02. The summed E-state index contributed by atoms with van der Waals surface area (Å²) in [5.74, 6) is 2.14. The van der Waals surface area contributed by atoms with E-state index in [2.05, 4.69) is 9.88 Å². The van der Waals surface area contributed by atoms with Crippen LogP contribution in [0.4, 0.5) is 5.82 Å². The second kappa shape index (κ2) is 4.72. The molecule has 0 radical (unpaired) electrons. The van der Waals surface area contributed by atoms with Crippen LogP contribution in [0.1, 0.15) is 5.56 Å². The van der Waals surface area contributed by atoms with E-state index in [9.17, 15) is 4.21 Å². The van der Waals surface area contributed by atoms with Gasteiger partial charge in [-0.25, -0.2) is 4.98 Å². The van der Waals surface area contributed by atoms with Gasteiger partial charge < -0.3 is 5.73 Å². The van der Waals surface area contributed by atoms with Crippen molar-refractivity contribution in [1.82, 2.24) is 9.88 Å². The quantitative estimate of drug-likeness (QED) is 0.782. The lowest BCUT2D eigenvalue weighted by atomic mass is 10.2. The third-order valence-corrected chi connectivity index (χ3v) is 3.80. The van der Waals surface area contributed by atoms with Crippen LogP contribution in [0.15, 0.2) is 18.3 Å². The molecule has 0 aromatic carbocycles. The van der Waals surface area contributed by atoms with Crippen molar-refractivity contribution in [3.63, 3.8) is 0 Å². The number of anilines is 1. The smallest absolute Gasteiger partial charge is 0.123 e. The number of aromatic nitrogens is 1. The summed E-state index contributed by atoms with van der Waals surface area (Å²) < 4.78 is 11.2. The first-order chi connectivity index (χ1) is 7.24. The van der Waals surface area contributed by atoms with Crippen molar-refractivity contribution in [3.05, 3.63) is 23.9 Å². The van der Waals surface area contributed by atoms with Gasteiger partial charge in [0, 0.05) is 48.1 Å². The van der Waals surface area contributed by atoms with E-state index >= 15 is 0 Å². The summed E-state index contributed by atoms with van der Waals surface area (Å²) >= 11 is 0. The van der Waals surface area contributed by atoms with Gasteiger partial charge in [-0.15, -0.1) is 0 Å². The summed E-state index contributed by atoms with van der Waals surface area (Å²) in [6.45, 7) is 2.71. The van der Waals surface area contributed by atoms with E-state index in [4.69, 9.17) is 5.73 Å². The largest absolute Gasteiger partial charge is 0.384 e. The van der Waals surface area contributed by atoms with Gasteiger partial charge in [0.25, 0.3) is 0 Å². The highest BCUT2D eigenvalue weighted by Gasteiger charge is 2.14. The summed E-state index contributed by atoms with van der Waals surface area (Å²) in [5.41, 5.74) is 6.68. The van der Waals surface area contributed by atoms with E-state index < -0.39 is 10.8 Å². The Hall–Kier alpha value is -0.940. The predicted molar refractivity (Wildman–Crippen MR) is 61.8 cm³/mol. The van der Waals surface area contributed by atoms with Crippen LogP contribution in [0, 0.1) is 0 Å². The summed E-state index contributed by atoms with van der Waals surface area (Å²) in [6.07, 6.45) is 1.81. The average molecular weight is 225 g/mol. The van der Waals surface area contributed by atoms with Crippen molar-refractivity contribution in [1.29, 1.82) is 0 Å². The van der Waals surface area contributed by atoms with Gasteiger partial charge in [-0.2, -0.15) is 0 Å².